The molecule has 2 N–H and O–H groups in total. The quantitative estimate of drug-likeness (QED) is 0.167. The number of hydrogen-bond acceptors (Lipinski definition) is 5. The molecule has 0 radical (unpaired) electrons. The van der Waals surface area contributed by atoms with Gasteiger partial charge in [-0.3, -0.25) is 19.6 Å². The molecule has 7 rings (SSSR count). The Morgan fingerprint density at radius 1 is 0.784 bits per heavy atom. The summed E-state index contributed by atoms with van der Waals surface area (Å²) in [7, 11) is 0. The predicted octanol–water partition coefficient (Wildman–Crippen LogP) is 7.45. The van der Waals surface area contributed by atoms with Gasteiger partial charge < -0.3 is 10.4 Å². The second kappa shape index (κ2) is 13.8. The van der Waals surface area contributed by atoms with Crippen molar-refractivity contribution in [1.82, 2.24) is 20.1 Å². The number of aromatic nitrogens is 1. The van der Waals surface area contributed by atoms with Gasteiger partial charge in [0.15, 0.2) is 0 Å². The zero-order valence-electron chi connectivity index (χ0n) is 28.2. The summed E-state index contributed by atoms with van der Waals surface area (Å²) in [5.74, 6) is -2.93. The van der Waals surface area contributed by atoms with Crippen molar-refractivity contribution in [3.05, 3.63) is 78.0 Å². The molecule has 0 bridgehead atoms. The number of piperidine rings is 2. The predicted molar refractivity (Wildman–Crippen MR) is 184 cm³/mol. The van der Waals surface area contributed by atoms with E-state index in [0.29, 0.717) is 16.4 Å². The van der Waals surface area contributed by atoms with Crippen LogP contribution in [0.2, 0.25) is 0 Å². The summed E-state index contributed by atoms with van der Waals surface area (Å²) in [6.07, 6.45) is -2.34. The topological polar surface area (TPSA) is 85.8 Å². The number of alkyl halides is 5. The second-order valence-corrected chi connectivity index (χ2v) is 14.6. The number of aliphatic carboxylic acids is 1. The minimum Gasteiger partial charge on any atom is -0.480 e. The minimum atomic E-state index is -5.00. The van der Waals surface area contributed by atoms with E-state index in [0.717, 1.165) is 52.6 Å². The van der Waals surface area contributed by atoms with Gasteiger partial charge in [0.05, 0.1) is 12.2 Å². The number of carbonyl (C=O) groups is 2. The molecule has 3 aliphatic rings. The van der Waals surface area contributed by atoms with Gasteiger partial charge in [-0.15, -0.1) is 0 Å². The van der Waals surface area contributed by atoms with Crippen molar-refractivity contribution in [2.45, 2.75) is 70.1 Å². The third-order valence-corrected chi connectivity index (χ3v) is 11.5. The largest absolute Gasteiger partial charge is 0.480 e. The van der Waals surface area contributed by atoms with E-state index in [1.807, 2.05) is 48.7 Å². The third kappa shape index (κ3) is 7.04. The lowest BCUT2D eigenvalue weighted by Gasteiger charge is -2.41. The van der Waals surface area contributed by atoms with Crippen LogP contribution in [0.5, 0.6) is 0 Å². The van der Waals surface area contributed by atoms with Crippen LogP contribution in [0.15, 0.2) is 66.9 Å². The molecule has 51 heavy (non-hydrogen) atoms. The molecule has 12 heteroatoms. The lowest BCUT2D eigenvalue weighted by Crippen LogP contribution is -2.59. The maximum atomic E-state index is 14.4. The lowest BCUT2D eigenvalue weighted by atomic mass is 9.76. The van der Waals surface area contributed by atoms with Gasteiger partial charge in [0.1, 0.15) is 11.5 Å². The van der Waals surface area contributed by atoms with Gasteiger partial charge in [0, 0.05) is 30.1 Å². The van der Waals surface area contributed by atoms with Crippen molar-refractivity contribution in [2.24, 2.45) is 10.8 Å². The van der Waals surface area contributed by atoms with Crippen LogP contribution >= 0.6 is 0 Å². The third-order valence-electron chi connectivity index (χ3n) is 11.5. The van der Waals surface area contributed by atoms with Gasteiger partial charge >= 0.3 is 12.1 Å². The molecule has 3 heterocycles. The van der Waals surface area contributed by atoms with Crippen LogP contribution in [0.1, 0.15) is 49.7 Å². The van der Waals surface area contributed by atoms with Crippen molar-refractivity contribution in [3.8, 4) is 11.3 Å². The lowest BCUT2D eigenvalue weighted by molar-refractivity contribution is -0.233. The first-order valence-corrected chi connectivity index (χ1v) is 17.6. The van der Waals surface area contributed by atoms with Gasteiger partial charge in [-0.25, -0.2) is 13.6 Å². The number of fused-ring (bicyclic) bond motifs is 2. The molecule has 0 unspecified atom stereocenters. The molecular weight excluding hydrogens is 667 g/mol. The Morgan fingerprint density at radius 2 is 1.39 bits per heavy atom. The summed E-state index contributed by atoms with van der Waals surface area (Å²) in [5, 5.41) is 15.9. The number of likely N-dealkylation sites (tertiary alicyclic amines) is 2. The van der Waals surface area contributed by atoms with Crippen molar-refractivity contribution >= 4 is 33.4 Å². The van der Waals surface area contributed by atoms with Gasteiger partial charge in [0.25, 0.3) is 6.43 Å². The average molecular weight is 709 g/mol. The van der Waals surface area contributed by atoms with E-state index in [1.165, 1.54) is 30.6 Å². The molecule has 2 aliphatic heterocycles. The molecule has 4 aromatic rings. The van der Waals surface area contributed by atoms with Gasteiger partial charge in [0.2, 0.25) is 5.91 Å². The van der Waals surface area contributed by atoms with E-state index in [9.17, 15) is 36.6 Å². The van der Waals surface area contributed by atoms with Crippen molar-refractivity contribution < 1.29 is 36.6 Å². The Labute approximate surface area is 292 Å². The Bertz CT molecular complexity index is 1930. The number of nitrogens with one attached hydrogen (secondary N) is 1. The molecule has 7 nitrogen and oxygen atoms in total. The van der Waals surface area contributed by atoms with Crippen LogP contribution < -0.4 is 5.32 Å². The van der Waals surface area contributed by atoms with E-state index in [4.69, 9.17) is 4.98 Å². The summed E-state index contributed by atoms with van der Waals surface area (Å²) in [4.78, 5) is 34.4. The molecule has 3 aromatic carbocycles. The van der Waals surface area contributed by atoms with E-state index in [2.05, 4.69) is 16.3 Å². The normalized spacial score (nSPS) is 19.8. The average Bonchev–Trinajstić information content (AvgIpc) is 3.87. The number of nitrogens with zero attached hydrogens (tertiary/aromatic N) is 3. The molecule has 1 saturated carbocycles. The molecule has 2 saturated heterocycles. The minimum absolute atomic E-state index is 0.266. The number of hydrogen-bond donors (Lipinski definition) is 2. The van der Waals surface area contributed by atoms with E-state index >= 15 is 0 Å². The molecule has 1 atom stereocenters. The highest BCUT2D eigenvalue weighted by atomic mass is 19.4. The maximum Gasteiger partial charge on any atom is 0.403 e. The van der Waals surface area contributed by atoms with Gasteiger partial charge in [-0.1, -0.05) is 60.7 Å². The highest BCUT2D eigenvalue weighted by molar-refractivity contribution is 6.05. The monoisotopic (exact) mass is 708 g/mol. The first kappa shape index (κ1) is 35.3. The van der Waals surface area contributed by atoms with Gasteiger partial charge in [-0.05, 0) is 97.4 Å². The number of rotatable bonds is 10. The first-order valence-electron chi connectivity index (χ1n) is 17.6. The smallest absolute Gasteiger partial charge is 0.403 e. The highest BCUT2D eigenvalue weighted by Crippen LogP contribution is 2.53. The number of pyridine rings is 1. The summed E-state index contributed by atoms with van der Waals surface area (Å²) in [6, 6.07) is 17.5. The number of carboxylic acids is 1. The number of carboxylic acid groups (broad SMARTS) is 1. The number of halogens is 5. The zero-order valence-corrected chi connectivity index (χ0v) is 28.2. The summed E-state index contributed by atoms with van der Waals surface area (Å²) < 4.78 is 69.0. The highest BCUT2D eigenvalue weighted by Gasteiger charge is 2.61. The Morgan fingerprint density at radius 3 is 2.04 bits per heavy atom. The van der Waals surface area contributed by atoms with Crippen LogP contribution in [-0.4, -0.2) is 83.1 Å². The fourth-order valence-corrected chi connectivity index (χ4v) is 8.12. The van der Waals surface area contributed by atoms with Crippen molar-refractivity contribution in [1.29, 1.82) is 0 Å². The van der Waals surface area contributed by atoms with Crippen LogP contribution in [0.3, 0.4) is 0 Å². The zero-order chi connectivity index (χ0) is 36.0. The van der Waals surface area contributed by atoms with E-state index in [1.54, 1.807) is 12.1 Å². The summed E-state index contributed by atoms with van der Waals surface area (Å²) >= 11 is 0. The van der Waals surface area contributed by atoms with Crippen LogP contribution in [0.25, 0.3) is 32.8 Å². The summed E-state index contributed by atoms with van der Waals surface area (Å²) in [5.41, 5.74) is 0.993. The molecule has 1 amide bonds. The molecule has 3 fully saturated rings. The van der Waals surface area contributed by atoms with Crippen LogP contribution in [0.4, 0.5) is 22.0 Å². The number of benzene rings is 3. The Balaban J connectivity index is 1.15. The molecular formula is C39H41F5N4O3. The fourth-order valence-electron chi connectivity index (χ4n) is 8.12. The Hall–Kier alpha value is -4.16. The molecule has 1 aromatic heterocycles. The molecule has 270 valence electrons. The maximum absolute atomic E-state index is 14.4. The van der Waals surface area contributed by atoms with E-state index < -0.39 is 55.3 Å². The Kier molecular flexibility index (Phi) is 9.51. The van der Waals surface area contributed by atoms with Crippen molar-refractivity contribution in [2.75, 3.05) is 32.7 Å². The SMILES string of the molecule is O=C(O)[C@H](Cc1cccc2c(-c3ncc(CN4CCC5(CC4)CC5)c4ccccc34)cccc12)NC(=O)C1(C(F)(F)F)CCN(CC(F)F)CC1. The second-order valence-electron chi connectivity index (χ2n) is 14.6. The summed E-state index contributed by atoms with van der Waals surface area (Å²) in [6.45, 7) is 1.57. The first-order chi connectivity index (χ1) is 24.4. The van der Waals surface area contributed by atoms with E-state index in [-0.39, 0.29) is 19.5 Å². The van der Waals surface area contributed by atoms with Crippen LogP contribution in [0, 0.1) is 10.8 Å². The van der Waals surface area contributed by atoms with Crippen LogP contribution in [-0.2, 0) is 22.6 Å². The standard InChI is InChI=1S/C39H41F5N4O3/c40-33(41)24-48-19-15-38(16-20-48,39(42,43)44)36(51)46-32(35(49)50)21-25-5-3-9-29-27(25)8-4-10-31(29)34-30-7-2-1-6-28(30)26(22-45-34)23-47-17-13-37(11-12-37)14-18-47/h1-10,22,32-33H,11-21,23-24H2,(H,46,51)(H,49,50)/t32-/m0/s1. The molecule has 1 spiro atoms. The van der Waals surface area contributed by atoms with Gasteiger partial charge in [-0.2, -0.15) is 13.2 Å². The number of carbonyl (C=O) groups excluding carboxylic acids is 1. The molecule has 1 aliphatic carbocycles. The number of amides is 1. The fraction of sp³-hybridized carbons (Fsp3) is 0.462. The van der Waals surface area contributed by atoms with Crippen molar-refractivity contribution in [3.63, 3.8) is 0 Å².